The maximum Gasteiger partial charge on any atom is 0.142 e. The highest BCUT2D eigenvalue weighted by molar-refractivity contribution is 5.96. The van der Waals surface area contributed by atoms with Crippen molar-refractivity contribution in [1.82, 2.24) is 0 Å². The van der Waals surface area contributed by atoms with E-state index in [9.17, 15) is 4.79 Å². The molecule has 82 valence electrons. The van der Waals surface area contributed by atoms with Crippen LogP contribution in [0, 0.1) is 0 Å². The van der Waals surface area contributed by atoms with Crippen molar-refractivity contribution in [2.75, 3.05) is 0 Å². The third kappa shape index (κ3) is 1.60. The van der Waals surface area contributed by atoms with E-state index in [1.165, 1.54) is 21.9 Å². The van der Waals surface area contributed by atoms with E-state index in [0.29, 0.717) is 0 Å². The van der Waals surface area contributed by atoms with Crippen LogP contribution in [-0.4, -0.2) is 6.29 Å². The molecule has 0 heterocycles. The van der Waals surface area contributed by atoms with Crippen molar-refractivity contribution >= 4 is 23.1 Å². The summed E-state index contributed by atoms with van der Waals surface area (Å²) in [4.78, 5) is 10.4. The Labute approximate surface area is 100 Å². The van der Waals surface area contributed by atoms with Crippen molar-refractivity contribution in [3.05, 3.63) is 65.8 Å². The number of rotatable bonds is 2. The van der Waals surface area contributed by atoms with Gasteiger partial charge in [-0.25, -0.2) is 0 Å². The molecule has 1 atom stereocenters. The highest BCUT2D eigenvalue weighted by Crippen LogP contribution is 2.35. The van der Waals surface area contributed by atoms with E-state index in [0.717, 1.165) is 6.29 Å². The molecule has 1 heteroatoms. The number of carbonyl (C=O) groups excluding carboxylic acids is 1. The molecule has 0 aliphatic heterocycles. The topological polar surface area (TPSA) is 17.1 Å². The summed E-state index contributed by atoms with van der Waals surface area (Å²) >= 11 is 0. The zero-order valence-electron chi connectivity index (χ0n) is 9.34. The number of hydrogen-bond donors (Lipinski definition) is 0. The first-order valence-electron chi connectivity index (χ1n) is 5.72. The van der Waals surface area contributed by atoms with Crippen molar-refractivity contribution in [3.8, 4) is 0 Å². The van der Waals surface area contributed by atoms with Crippen LogP contribution in [0.3, 0.4) is 0 Å². The van der Waals surface area contributed by atoms with Crippen LogP contribution in [0.4, 0.5) is 0 Å². The molecular weight excluding hydrogens is 208 g/mol. The van der Waals surface area contributed by atoms with Crippen molar-refractivity contribution in [2.24, 2.45) is 0 Å². The van der Waals surface area contributed by atoms with Gasteiger partial charge in [0.15, 0.2) is 0 Å². The second-order valence-electron chi connectivity index (χ2n) is 4.20. The summed E-state index contributed by atoms with van der Waals surface area (Å²) in [5.41, 5.74) is 2.53. The fraction of sp³-hybridized carbons (Fsp3) is 0.0625. The van der Waals surface area contributed by atoms with E-state index >= 15 is 0 Å². The van der Waals surface area contributed by atoms with Crippen molar-refractivity contribution < 1.29 is 4.79 Å². The molecular formula is C16H12O. The van der Waals surface area contributed by atoms with Gasteiger partial charge < -0.3 is 0 Å². The van der Waals surface area contributed by atoms with Gasteiger partial charge >= 0.3 is 0 Å². The Hall–Kier alpha value is -2.15. The average molecular weight is 220 g/mol. The molecule has 2 aromatic rings. The van der Waals surface area contributed by atoms with Crippen LogP contribution >= 0.6 is 0 Å². The van der Waals surface area contributed by atoms with E-state index < -0.39 is 0 Å². The first-order valence-corrected chi connectivity index (χ1v) is 5.72. The molecule has 0 aromatic heterocycles. The summed E-state index contributed by atoms with van der Waals surface area (Å²) < 4.78 is 0. The minimum atomic E-state index is 0.207. The average Bonchev–Trinajstić information content (AvgIpc) is 2.39. The minimum absolute atomic E-state index is 0.207. The van der Waals surface area contributed by atoms with Crippen LogP contribution in [0.15, 0.2) is 54.6 Å². The van der Waals surface area contributed by atoms with Gasteiger partial charge in [-0.15, -0.1) is 0 Å². The molecule has 0 radical (unpaired) electrons. The smallest absolute Gasteiger partial charge is 0.142 e. The fourth-order valence-corrected chi connectivity index (χ4v) is 2.46. The van der Waals surface area contributed by atoms with E-state index in [-0.39, 0.29) is 5.92 Å². The third-order valence-corrected chi connectivity index (χ3v) is 3.21. The number of hydrogen-bond acceptors (Lipinski definition) is 1. The van der Waals surface area contributed by atoms with Crippen LogP contribution in [-0.2, 0) is 4.79 Å². The van der Waals surface area contributed by atoms with Crippen molar-refractivity contribution in [1.29, 1.82) is 0 Å². The van der Waals surface area contributed by atoms with E-state index in [4.69, 9.17) is 0 Å². The van der Waals surface area contributed by atoms with E-state index in [2.05, 4.69) is 48.6 Å². The Bertz CT molecular complexity index is 630. The highest BCUT2D eigenvalue weighted by Gasteiger charge is 2.14. The first kappa shape index (κ1) is 10.0. The second-order valence-corrected chi connectivity index (χ2v) is 4.20. The van der Waals surface area contributed by atoms with Crippen LogP contribution in [0.5, 0.6) is 0 Å². The number of benzene rings is 2. The fourth-order valence-electron chi connectivity index (χ4n) is 2.46. The van der Waals surface area contributed by atoms with Gasteiger partial charge in [-0.3, -0.25) is 4.79 Å². The molecule has 0 saturated carbocycles. The van der Waals surface area contributed by atoms with Gasteiger partial charge in [0.25, 0.3) is 0 Å². The van der Waals surface area contributed by atoms with E-state index in [1.54, 1.807) is 6.08 Å². The first-order chi connectivity index (χ1) is 8.40. The van der Waals surface area contributed by atoms with Gasteiger partial charge in [0.1, 0.15) is 6.29 Å². The maximum atomic E-state index is 10.4. The van der Waals surface area contributed by atoms with Crippen LogP contribution in [0.25, 0.3) is 16.8 Å². The van der Waals surface area contributed by atoms with Crippen molar-refractivity contribution in [3.63, 3.8) is 0 Å². The standard InChI is InChI=1S/C16H12O/c17-11-3-7-12-9-10-14-5-1-4-13-6-2-8-15(12)16(13)14/h1-12H. The summed E-state index contributed by atoms with van der Waals surface area (Å²) in [7, 11) is 0. The zero-order valence-corrected chi connectivity index (χ0v) is 9.34. The lowest BCUT2D eigenvalue weighted by Gasteiger charge is -2.18. The molecule has 17 heavy (non-hydrogen) atoms. The normalized spacial score (nSPS) is 17.8. The Morgan fingerprint density at radius 1 is 1.06 bits per heavy atom. The molecule has 0 saturated heterocycles. The molecule has 0 bridgehead atoms. The Balaban J connectivity index is 2.26. The van der Waals surface area contributed by atoms with Crippen molar-refractivity contribution in [2.45, 2.75) is 5.92 Å². The number of carbonyl (C=O) groups is 1. The SMILES string of the molecule is O=CC=CC1C=Cc2cccc3cccc1c23. The molecule has 1 aliphatic carbocycles. The van der Waals surface area contributed by atoms with Crippen LogP contribution in [0.1, 0.15) is 17.0 Å². The molecule has 1 nitrogen and oxygen atoms in total. The predicted molar refractivity (Wildman–Crippen MR) is 70.9 cm³/mol. The lowest BCUT2D eigenvalue weighted by molar-refractivity contribution is -0.104. The lowest BCUT2D eigenvalue weighted by atomic mass is 9.86. The van der Waals surface area contributed by atoms with Gasteiger partial charge in [0, 0.05) is 5.92 Å². The largest absolute Gasteiger partial charge is 0.299 e. The molecule has 0 N–H and O–H groups in total. The number of allylic oxidation sites excluding steroid dienone is 3. The zero-order chi connectivity index (χ0) is 11.7. The summed E-state index contributed by atoms with van der Waals surface area (Å²) in [6, 6.07) is 12.7. The molecule has 0 amide bonds. The Kier molecular flexibility index (Phi) is 2.37. The maximum absolute atomic E-state index is 10.4. The van der Waals surface area contributed by atoms with Gasteiger partial charge in [0.05, 0.1) is 0 Å². The van der Waals surface area contributed by atoms with Gasteiger partial charge in [0.2, 0.25) is 0 Å². The predicted octanol–water partition coefficient (Wildman–Crippen LogP) is 3.71. The monoisotopic (exact) mass is 220 g/mol. The van der Waals surface area contributed by atoms with Crippen LogP contribution in [0.2, 0.25) is 0 Å². The lowest BCUT2D eigenvalue weighted by Crippen LogP contribution is -1.98. The summed E-state index contributed by atoms with van der Waals surface area (Å²) in [6.07, 6.45) is 8.61. The number of aldehydes is 1. The second kappa shape index (κ2) is 4.02. The van der Waals surface area contributed by atoms with E-state index in [1.807, 2.05) is 6.08 Å². The summed E-state index contributed by atoms with van der Waals surface area (Å²) in [5, 5.41) is 2.56. The third-order valence-electron chi connectivity index (χ3n) is 3.21. The summed E-state index contributed by atoms with van der Waals surface area (Å²) in [6.45, 7) is 0. The molecule has 0 spiro atoms. The van der Waals surface area contributed by atoms with Gasteiger partial charge in [-0.2, -0.15) is 0 Å². The quantitative estimate of drug-likeness (QED) is 0.557. The van der Waals surface area contributed by atoms with Crippen LogP contribution < -0.4 is 0 Å². The Morgan fingerprint density at radius 3 is 2.71 bits per heavy atom. The molecule has 0 fully saturated rings. The summed E-state index contributed by atoms with van der Waals surface area (Å²) in [5.74, 6) is 0.207. The van der Waals surface area contributed by atoms with Gasteiger partial charge in [-0.1, -0.05) is 54.6 Å². The minimum Gasteiger partial charge on any atom is -0.299 e. The highest BCUT2D eigenvalue weighted by atomic mass is 16.1. The molecule has 2 aromatic carbocycles. The Morgan fingerprint density at radius 2 is 1.88 bits per heavy atom. The molecule has 1 unspecified atom stereocenters. The molecule has 3 rings (SSSR count). The van der Waals surface area contributed by atoms with Gasteiger partial charge in [-0.05, 0) is 28.0 Å². The molecule has 1 aliphatic rings.